The second kappa shape index (κ2) is 8.83. The molecule has 0 spiro atoms. The van der Waals surface area contributed by atoms with Gasteiger partial charge in [0.1, 0.15) is 19.3 Å². The summed E-state index contributed by atoms with van der Waals surface area (Å²) in [7, 11) is -4.20. The number of ether oxygens (including phenoxy) is 3. The third-order valence-corrected chi connectivity index (χ3v) is 7.59. The molecule has 0 aromatic heterocycles. The minimum Gasteiger partial charge on any atom is -0.462 e. The Balaban J connectivity index is 1.72. The van der Waals surface area contributed by atoms with E-state index in [1.807, 2.05) is 6.92 Å². The van der Waals surface area contributed by atoms with E-state index in [9.17, 15) is 27.4 Å². The highest BCUT2D eigenvalue weighted by molar-refractivity contribution is 7.87. The lowest BCUT2D eigenvalue weighted by Crippen LogP contribution is -2.48. The van der Waals surface area contributed by atoms with E-state index in [0.717, 1.165) is 0 Å². The van der Waals surface area contributed by atoms with Gasteiger partial charge in [-0.15, -0.1) is 0 Å². The van der Waals surface area contributed by atoms with Crippen molar-refractivity contribution in [3.63, 3.8) is 0 Å². The summed E-state index contributed by atoms with van der Waals surface area (Å²) >= 11 is 0. The van der Waals surface area contributed by atoms with Crippen molar-refractivity contribution in [2.24, 2.45) is 17.8 Å². The van der Waals surface area contributed by atoms with Crippen LogP contribution in [0.3, 0.4) is 0 Å². The van der Waals surface area contributed by atoms with Gasteiger partial charge in [0.15, 0.2) is 0 Å². The van der Waals surface area contributed by atoms with Crippen LogP contribution in [0, 0.1) is 17.8 Å². The maximum atomic E-state index is 12.1. The lowest BCUT2D eigenvalue weighted by molar-refractivity contribution is -0.158. The predicted molar refractivity (Wildman–Crippen MR) is 101 cm³/mol. The highest BCUT2D eigenvalue weighted by atomic mass is 32.2. The molecule has 0 saturated heterocycles. The Bertz CT molecular complexity index is 786. The molecule has 2 aliphatic carbocycles. The Kier molecular flexibility index (Phi) is 7.10. The molecule has 1 N–H and O–H groups in total. The fraction of sp³-hybridized carbons (Fsp3) is 0.737. The predicted octanol–water partition coefficient (Wildman–Crippen LogP) is 1.66. The van der Waals surface area contributed by atoms with Crippen LogP contribution in [0.4, 0.5) is 0 Å². The second-order valence-electron chi connectivity index (χ2n) is 8.04. The smallest absolute Gasteiger partial charge is 0.333 e. The summed E-state index contributed by atoms with van der Waals surface area (Å²) in [6.45, 7) is 8.05. The Labute approximate surface area is 170 Å². The Hall–Kier alpha value is -1.94. The number of hydrogen-bond donors (Lipinski definition) is 1. The summed E-state index contributed by atoms with van der Waals surface area (Å²) in [5.74, 6) is -2.39. The van der Waals surface area contributed by atoms with Gasteiger partial charge in [-0.3, -0.25) is 14.1 Å². The lowest BCUT2D eigenvalue weighted by Gasteiger charge is -2.38. The zero-order valence-corrected chi connectivity index (χ0v) is 17.7. The van der Waals surface area contributed by atoms with Crippen molar-refractivity contribution in [2.45, 2.75) is 57.3 Å². The van der Waals surface area contributed by atoms with E-state index in [1.54, 1.807) is 0 Å². The minimum atomic E-state index is -4.20. The Morgan fingerprint density at radius 2 is 1.72 bits per heavy atom. The summed E-state index contributed by atoms with van der Waals surface area (Å²) < 4.78 is 47.0. The van der Waals surface area contributed by atoms with Gasteiger partial charge in [0.25, 0.3) is 10.1 Å². The van der Waals surface area contributed by atoms with Crippen LogP contribution >= 0.6 is 0 Å². The van der Waals surface area contributed by atoms with Crippen molar-refractivity contribution in [3.05, 3.63) is 12.2 Å². The standard InChI is InChI=1S/C19H28O9S/c1-11(2)18(22)27-8-7-26-15(20)5-6-16(21)28-17-12(3)14-9-13(17)10-19(14,4)29(23,24)25/h12-14,17H,1,5-10H2,2-4H3,(H,23,24,25). The molecule has 2 bridgehead atoms. The van der Waals surface area contributed by atoms with E-state index in [0.29, 0.717) is 6.42 Å². The number of fused-ring (bicyclic) bond motifs is 2. The van der Waals surface area contributed by atoms with Crippen LogP contribution in [0.1, 0.15) is 46.5 Å². The van der Waals surface area contributed by atoms with Crippen molar-refractivity contribution in [3.8, 4) is 0 Å². The number of carbonyl (C=O) groups excluding carboxylic acids is 3. The average molecular weight is 432 g/mol. The van der Waals surface area contributed by atoms with Crippen LogP contribution in [-0.2, 0) is 38.7 Å². The molecule has 2 fully saturated rings. The monoisotopic (exact) mass is 432 g/mol. The summed E-state index contributed by atoms with van der Waals surface area (Å²) in [5.41, 5.74) is 0.241. The highest BCUT2D eigenvalue weighted by Gasteiger charge is 2.63. The molecular formula is C19H28O9S. The van der Waals surface area contributed by atoms with E-state index in [-0.39, 0.29) is 55.8 Å². The van der Waals surface area contributed by atoms with Gasteiger partial charge in [-0.2, -0.15) is 8.42 Å². The molecule has 9 nitrogen and oxygen atoms in total. The quantitative estimate of drug-likeness (QED) is 0.190. The molecule has 5 atom stereocenters. The average Bonchev–Trinajstić information content (AvgIpc) is 3.12. The zero-order valence-electron chi connectivity index (χ0n) is 16.9. The van der Waals surface area contributed by atoms with Crippen LogP contribution in [-0.4, -0.2) is 54.9 Å². The largest absolute Gasteiger partial charge is 0.462 e. The molecule has 0 aromatic carbocycles. The number of rotatable bonds is 9. The van der Waals surface area contributed by atoms with Crippen LogP contribution in [0.2, 0.25) is 0 Å². The van der Waals surface area contributed by atoms with Crippen molar-refractivity contribution >= 4 is 28.0 Å². The zero-order chi connectivity index (χ0) is 22.0. The van der Waals surface area contributed by atoms with Gasteiger partial charge in [0, 0.05) is 5.57 Å². The van der Waals surface area contributed by atoms with Crippen molar-refractivity contribution in [2.75, 3.05) is 13.2 Å². The first-order valence-electron chi connectivity index (χ1n) is 9.51. The molecule has 0 heterocycles. The molecule has 2 saturated carbocycles. The Morgan fingerprint density at radius 1 is 1.14 bits per heavy atom. The number of carbonyl (C=O) groups is 3. The van der Waals surface area contributed by atoms with Gasteiger partial charge < -0.3 is 14.2 Å². The first-order valence-corrected chi connectivity index (χ1v) is 11.0. The molecule has 2 rings (SSSR count). The fourth-order valence-electron chi connectivity index (χ4n) is 4.41. The first kappa shape index (κ1) is 23.3. The third kappa shape index (κ3) is 5.16. The van der Waals surface area contributed by atoms with Gasteiger partial charge in [-0.1, -0.05) is 13.5 Å². The van der Waals surface area contributed by atoms with Gasteiger partial charge in [-0.05, 0) is 44.4 Å². The molecule has 5 unspecified atom stereocenters. The molecule has 2 aliphatic rings. The van der Waals surface area contributed by atoms with Crippen molar-refractivity contribution < 1.29 is 41.6 Å². The topological polar surface area (TPSA) is 133 Å². The molecule has 0 aromatic rings. The van der Waals surface area contributed by atoms with Gasteiger partial charge in [-0.25, -0.2) is 4.79 Å². The van der Waals surface area contributed by atoms with Gasteiger partial charge >= 0.3 is 17.9 Å². The summed E-state index contributed by atoms with van der Waals surface area (Å²) in [5, 5.41) is 0. The molecule has 0 aliphatic heterocycles. The summed E-state index contributed by atoms with van der Waals surface area (Å²) in [6.07, 6.45) is 0.0374. The lowest BCUT2D eigenvalue weighted by atomic mass is 9.80. The fourth-order valence-corrected chi connectivity index (χ4v) is 5.53. The van der Waals surface area contributed by atoms with E-state index < -0.39 is 38.9 Å². The normalized spacial score (nSPS) is 30.6. The van der Waals surface area contributed by atoms with Gasteiger partial charge in [0.05, 0.1) is 17.6 Å². The minimum absolute atomic E-state index is 0.100. The molecule has 0 amide bonds. The van der Waals surface area contributed by atoms with E-state index in [2.05, 4.69) is 6.58 Å². The second-order valence-corrected chi connectivity index (χ2v) is 9.93. The molecule has 10 heteroatoms. The molecule has 164 valence electrons. The third-order valence-electron chi connectivity index (χ3n) is 5.94. The van der Waals surface area contributed by atoms with Gasteiger partial charge in [0.2, 0.25) is 0 Å². The number of esters is 3. The van der Waals surface area contributed by atoms with Crippen LogP contribution in [0.5, 0.6) is 0 Å². The summed E-state index contributed by atoms with van der Waals surface area (Å²) in [6, 6.07) is 0. The maximum Gasteiger partial charge on any atom is 0.333 e. The first-order chi connectivity index (χ1) is 13.4. The van der Waals surface area contributed by atoms with E-state index >= 15 is 0 Å². The van der Waals surface area contributed by atoms with Crippen molar-refractivity contribution in [1.82, 2.24) is 0 Å². The van der Waals surface area contributed by atoms with E-state index in [4.69, 9.17) is 14.2 Å². The van der Waals surface area contributed by atoms with Crippen LogP contribution in [0.15, 0.2) is 12.2 Å². The van der Waals surface area contributed by atoms with E-state index in [1.165, 1.54) is 13.8 Å². The van der Waals surface area contributed by atoms with Crippen LogP contribution in [0.25, 0.3) is 0 Å². The SMILES string of the molecule is C=C(C)C(=O)OCCOC(=O)CCC(=O)OC1C2CC(C1C)C(C)(S(=O)(=O)O)C2. The highest BCUT2D eigenvalue weighted by Crippen LogP contribution is 2.57. The van der Waals surface area contributed by atoms with Crippen LogP contribution < -0.4 is 0 Å². The molecule has 0 radical (unpaired) electrons. The number of hydrogen-bond acceptors (Lipinski definition) is 8. The molecular weight excluding hydrogens is 404 g/mol. The Morgan fingerprint density at radius 3 is 2.28 bits per heavy atom. The van der Waals surface area contributed by atoms with Crippen molar-refractivity contribution in [1.29, 1.82) is 0 Å². The molecule has 29 heavy (non-hydrogen) atoms. The summed E-state index contributed by atoms with van der Waals surface area (Å²) in [4.78, 5) is 34.9. The maximum absolute atomic E-state index is 12.1.